The van der Waals surface area contributed by atoms with Crippen LogP contribution in [0, 0.1) is 5.41 Å². The standard InChI is InChI=1S/C10H19N3O/c1-11-9(14)13-7-10(8-13)4-2-3-5-12-6-10/h12H,2-8H2,1H3,(H,11,14). The molecule has 2 N–H and O–H groups in total. The number of amides is 2. The molecule has 2 aliphatic rings. The molecule has 0 aromatic carbocycles. The SMILES string of the molecule is CNC(=O)N1CC2(CCCCNC2)C1. The summed E-state index contributed by atoms with van der Waals surface area (Å²) >= 11 is 0. The lowest BCUT2D eigenvalue weighted by molar-refractivity contribution is 0.0289. The molecular formula is C10H19N3O. The summed E-state index contributed by atoms with van der Waals surface area (Å²) in [4.78, 5) is 13.2. The van der Waals surface area contributed by atoms with Gasteiger partial charge in [0, 0.05) is 32.1 Å². The van der Waals surface area contributed by atoms with Gasteiger partial charge in [-0.1, -0.05) is 6.42 Å². The van der Waals surface area contributed by atoms with Crippen molar-refractivity contribution in [3.05, 3.63) is 0 Å². The maximum absolute atomic E-state index is 11.3. The number of urea groups is 1. The first-order valence-corrected chi connectivity index (χ1v) is 5.43. The van der Waals surface area contributed by atoms with Gasteiger partial charge in [-0.15, -0.1) is 0 Å². The Balaban J connectivity index is 1.86. The molecule has 80 valence electrons. The van der Waals surface area contributed by atoms with Crippen LogP contribution < -0.4 is 10.6 Å². The van der Waals surface area contributed by atoms with Crippen molar-refractivity contribution in [2.24, 2.45) is 5.41 Å². The monoisotopic (exact) mass is 197 g/mol. The van der Waals surface area contributed by atoms with E-state index in [4.69, 9.17) is 0 Å². The van der Waals surface area contributed by atoms with Crippen LogP contribution in [0.2, 0.25) is 0 Å². The fraction of sp³-hybridized carbons (Fsp3) is 0.900. The van der Waals surface area contributed by atoms with Gasteiger partial charge in [0.05, 0.1) is 0 Å². The van der Waals surface area contributed by atoms with Gasteiger partial charge in [-0.05, 0) is 19.4 Å². The summed E-state index contributed by atoms with van der Waals surface area (Å²) in [5.74, 6) is 0. The van der Waals surface area contributed by atoms with Gasteiger partial charge in [0.25, 0.3) is 0 Å². The van der Waals surface area contributed by atoms with E-state index in [0.29, 0.717) is 5.41 Å². The zero-order valence-electron chi connectivity index (χ0n) is 8.81. The smallest absolute Gasteiger partial charge is 0.317 e. The van der Waals surface area contributed by atoms with Crippen LogP contribution in [0.1, 0.15) is 19.3 Å². The highest BCUT2D eigenvalue weighted by atomic mass is 16.2. The van der Waals surface area contributed by atoms with E-state index in [1.165, 1.54) is 19.3 Å². The Kier molecular flexibility index (Phi) is 2.63. The molecule has 2 aliphatic heterocycles. The summed E-state index contributed by atoms with van der Waals surface area (Å²) in [6.45, 7) is 4.08. The highest BCUT2D eigenvalue weighted by Crippen LogP contribution is 2.36. The number of hydrogen-bond donors (Lipinski definition) is 2. The molecule has 2 rings (SSSR count). The second kappa shape index (κ2) is 3.77. The Bertz CT molecular complexity index is 213. The fourth-order valence-electron chi connectivity index (χ4n) is 2.53. The Morgan fingerprint density at radius 3 is 2.93 bits per heavy atom. The first-order chi connectivity index (χ1) is 6.76. The number of hydrogen-bond acceptors (Lipinski definition) is 2. The van der Waals surface area contributed by atoms with Crippen molar-refractivity contribution < 1.29 is 4.79 Å². The Labute approximate surface area is 85.0 Å². The van der Waals surface area contributed by atoms with Gasteiger partial charge in [-0.2, -0.15) is 0 Å². The number of carbonyl (C=O) groups is 1. The summed E-state index contributed by atoms with van der Waals surface area (Å²) in [6, 6.07) is 0.0693. The van der Waals surface area contributed by atoms with Crippen LogP contribution in [0.15, 0.2) is 0 Å². The van der Waals surface area contributed by atoms with Crippen LogP contribution in [0.4, 0.5) is 4.79 Å². The average molecular weight is 197 g/mol. The van der Waals surface area contributed by atoms with E-state index >= 15 is 0 Å². The van der Waals surface area contributed by atoms with Crippen LogP contribution in [0.25, 0.3) is 0 Å². The van der Waals surface area contributed by atoms with Crippen molar-refractivity contribution in [2.75, 3.05) is 33.2 Å². The summed E-state index contributed by atoms with van der Waals surface area (Å²) in [6.07, 6.45) is 3.85. The summed E-state index contributed by atoms with van der Waals surface area (Å²) in [5.41, 5.74) is 0.392. The molecule has 2 amide bonds. The van der Waals surface area contributed by atoms with Gasteiger partial charge in [-0.25, -0.2) is 4.79 Å². The van der Waals surface area contributed by atoms with Crippen molar-refractivity contribution in [2.45, 2.75) is 19.3 Å². The van der Waals surface area contributed by atoms with Gasteiger partial charge in [-0.3, -0.25) is 0 Å². The third-order valence-electron chi connectivity index (χ3n) is 3.36. The third-order valence-corrected chi connectivity index (χ3v) is 3.36. The minimum absolute atomic E-state index is 0.0693. The number of carbonyl (C=O) groups excluding carboxylic acids is 1. The van der Waals surface area contributed by atoms with Gasteiger partial charge in [0.15, 0.2) is 0 Å². The molecule has 2 heterocycles. The van der Waals surface area contributed by atoms with Crippen molar-refractivity contribution >= 4 is 6.03 Å². The van der Waals surface area contributed by atoms with E-state index in [9.17, 15) is 4.79 Å². The van der Waals surface area contributed by atoms with E-state index in [0.717, 1.165) is 26.2 Å². The van der Waals surface area contributed by atoms with Crippen LogP contribution in [-0.2, 0) is 0 Å². The second-order valence-corrected chi connectivity index (χ2v) is 4.55. The molecule has 4 heteroatoms. The Morgan fingerprint density at radius 2 is 2.21 bits per heavy atom. The molecule has 0 unspecified atom stereocenters. The number of nitrogens with one attached hydrogen (secondary N) is 2. The molecule has 14 heavy (non-hydrogen) atoms. The predicted octanol–water partition coefficient (Wildman–Crippen LogP) is 0.401. The number of likely N-dealkylation sites (tertiary alicyclic amines) is 1. The largest absolute Gasteiger partial charge is 0.341 e. The quantitative estimate of drug-likeness (QED) is 0.590. The molecule has 2 saturated heterocycles. The first kappa shape index (κ1) is 9.77. The topological polar surface area (TPSA) is 44.4 Å². The predicted molar refractivity (Wildman–Crippen MR) is 55.2 cm³/mol. The molecule has 0 saturated carbocycles. The van der Waals surface area contributed by atoms with Crippen molar-refractivity contribution in [1.29, 1.82) is 0 Å². The lowest BCUT2D eigenvalue weighted by Crippen LogP contribution is -2.63. The highest BCUT2D eigenvalue weighted by molar-refractivity contribution is 5.74. The van der Waals surface area contributed by atoms with E-state index in [-0.39, 0.29) is 6.03 Å². The maximum Gasteiger partial charge on any atom is 0.317 e. The van der Waals surface area contributed by atoms with Gasteiger partial charge in [0.1, 0.15) is 0 Å². The molecule has 0 aliphatic carbocycles. The highest BCUT2D eigenvalue weighted by Gasteiger charge is 2.44. The molecule has 1 spiro atoms. The second-order valence-electron chi connectivity index (χ2n) is 4.55. The molecule has 0 aromatic heterocycles. The molecule has 0 radical (unpaired) electrons. The van der Waals surface area contributed by atoms with Crippen molar-refractivity contribution in [1.82, 2.24) is 15.5 Å². The van der Waals surface area contributed by atoms with Gasteiger partial charge in [0.2, 0.25) is 0 Å². The Hall–Kier alpha value is -0.770. The molecule has 0 bridgehead atoms. The zero-order valence-corrected chi connectivity index (χ0v) is 8.81. The van der Waals surface area contributed by atoms with E-state index < -0.39 is 0 Å². The van der Waals surface area contributed by atoms with Crippen LogP contribution in [0.5, 0.6) is 0 Å². The maximum atomic E-state index is 11.3. The zero-order chi connectivity index (χ0) is 10.0. The molecule has 4 nitrogen and oxygen atoms in total. The lowest BCUT2D eigenvalue weighted by Gasteiger charge is -2.49. The molecular weight excluding hydrogens is 178 g/mol. The molecule has 0 aromatic rings. The van der Waals surface area contributed by atoms with Gasteiger partial charge >= 0.3 is 6.03 Å². The van der Waals surface area contributed by atoms with E-state index in [2.05, 4.69) is 10.6 Å². The minimum Gasteiger partial charge on any atom is -0.341 e. The van der Waals surface area contributed by atoms with Crippen molar-refractivity contribution in [3.8, 4) is 0 Å². The van der Waals surface area contributed by atoms with Crippen molar-refractivity contribution in [3.63, 3.8) is 0 Å². The number of nitrogens with zero attached hydrogens (tertiary/aromatic N) is 1. The Morgan fingerprint density at radius 1 is 1.43 bits per heavy atom. The van der Waals surface area contributed by atoms with E-state index in [1.54, 1.807) is 7.05 Å². The van der Waals surface area contributed by atoms with Crippen LogP contribution >= 0.6 is 0 Å². The number of rotatable bonds is 0. The summed E-state index contributed by atoms with van der Waals surface area (Å²) in [5, 5.41) is 6.13. The summed E-state index contributed by atoms with van der Waals surface area (Å²) in [7, 11) is 1.69. The van der Waals surface area contributed by atoms with Crippen LogP contribution in [0.3, 0.4) is 0 Å². The normalized spacial score (nSPS) is 25.4. The molecule has 2 fully saturated rings. The van der Waals surface area contributed by atoms with Gasteiger partial charge < -0.3 is 15.5 Å². The van der Waals surface area contributed by atoms with Crippen LogP contribution in [-0.4, -0.2) is 44.2 Å². The molecule has 0 atom stereocenters. The lowest BCUT2D eigenvalue weighted by atomic mass is 9.76. The average Bonchev–Trinajstić information content (AvgIpc) is 2.39. The summed E-state index contributed by atoms with van der Waals surface area (Å²) < 4.78 is 0. The van der Waals surface area contributed by atoms with E-state index in [1.807, 2.05) is 4.90 Å². The minimum atomic E-state index is 0.0693. The third kappa shape index (κ3) is 1.71. The first-order valence-electron chi connectivity index (χ1n) is 5.43. The fourth-order valence-corrected chi connectivity index (χ4v) is 2.53.